The number of carboxylic acids is 2. The van der Waals surface area contributed by atoms with E-state index in [0.717, 1.165) is 4.90 Å². The molecular formula is C17H21ClN2O5. The van der Waals surface area contributed by atoms with Gasteiger partial charge in [0.2, 0.25) is 5.91 Å². The van der Waals surface area contributed by atoms with Crippen molar-refractivity contribution in [2.75, 3.05) is 20.6 Å². The van der Waals surface area contributed by atoms with E-state index in [1.165, 1.54) is 7.05 Å². The lowest BCUT2D eigenvalue weighted by atomic mass is 9.89. The fraction of sp³-hybridized carbons (Fsp3) is 0.471. The highest BCUT2D eigenvalue weighted by Gasteiger charge is 2.55. The van der Waals surface area contributed by atoms with E-state index in [4.69, 9.17) is 16.7 Å². The van der Waals surface area contributed by atoms with Crippen molar-refractivity contribution in [1.82, 2.24) is 9.80 Å². The number of carbonyl (C=O) groups excluding carboxylic acids is 1. The van der Waals surface area contributed by atoms with E-state index in [1.54, 1.807) is 43.1 Å². The van der Waals surface area contributed by atoms with Crippen LogP contribution >= 0.6 is 11.6 Å². The van der Waals surface area contributed by atoms with E-state index in [1.807, 2.05) is 0 Å². The Bertz CT molecular complexity index is 710. The van der Waals surface area contributed by atoms with E-state index < -0.39 is 41.9 Å². The molecule has 3 atom stereocenters. The molecule has 1 saturated heterocycles. The number of likely N-dealkylation sites (tertiary alicyclic amines) is 1. The average molecular weight is 369 g/mol. The van der Waals surface area contributed by atoms with Crippen LogP contribution in [0, 0.1) is 5.92 Å². The summed E-state index contributed by atoms with van der Waals surface area (Å²) in [5.41, 5.74) is -0.604. The number of amides is 1. The summed E-state index contributed by atoms with van der Waals surface area (Å²) in [6.07, 6.45) is 0.0670. The van der Waals surface area contributed by atoms with Crippen molar-refractivity contribution < 1.29 is 24.6 Å². The van der Waals surface area contributed by atoms with Crippen molar-refractivity contribution in [3.63, 3.8) is 0 Å². The highest BCUT2D eigenvalue weighted by molar-refractivity contribution is 6.31. The quantitative estimate of drug-likeness (QED) is 0.821. The van der Waals surface area contributed by atoms with Gasteiger partial charge in [-0.3, -0.25) is 19.3 Å². The zero-order valence-corrected chi connectivity index (χ0v) is 15.0. The minimum absolute atomic E-state index is 0.0670. The molecule has 8 heteroatoms. The first-order valence-corrected chi connectivity index (χ1v) is 8.15. The molecule has 2 rings (SSSR count). The third kappa shape index (κ3) is 3.48. The Kier molecular flexibility index (Phi) is 5.39. The number of rotatable bonds is 5. The van der Waals surface area contributed by atoms with Gasteiger partial charge in [-0.05, 0) is 32.0 Å². The van der Waals surface area contributed by atoms with Gasteiger partial charge in [0.15, 0.2) is 0 Å². The average Bonchev–Trinajstić information content (AvgIpc) is 2.80. The molecule has 1 heterocycles. The zero-order valence-electron chi connectivity index (χ0n) is 14.3. The maximum atomic E-state index is 12.8. The highest BCUT2D eigenvalue weighted by atomic mass is 35.5. The van der Waals surface area contributed by atoms with Crippen LogP contribution in [0.1, 0.15) is 24.9 Å². The van der Waals surface area contributed by atoms with E-state index in [-0.39, 0.29) is 6.42 Å². The number of benzene rings is 1. The highest BCUT2D eigenvalue weighted by Crippen LogP contribution is 2.47. The lowest BCUT2D eigenvalue weighted by Crippen LogP contribution is -2.46. The van der Waals surface area contributed by atoms with Gasteiger partial charge >= 0.3 is 11.9 Å². The van der Waals surface area contributed by atoms with Crippen molar-refractivity contribution in [3.8, 4) is 0 Å². The normalized spacial score (nSPS) is 26.4. The smallest absolute Gasteiger partial charge is 0.323 e. The van der Waals surface area contributed by atoms with E-state index in [0.29, 0.717) is 10.6 Å². The summed E-state index contributed by atoms with van der Waals surface area (Å²) >= 11 is 6.28. The molecule has 0 spiro atoms. The zero-order chi connectivity index (χ0) is 18.9. The molecule has 1 aromatic carbocycles. The second kappa shape index (κ2) is 7.01. The predicted octanol–water partition coefficient (Wildman–Crippen LogP) is 1.72. The van der Waals surface area contributed by atoms with Crippen LogP contribution < -0.4 is 0 Å². The number of nitrogens with zero attached hydrogens (tertiary/aromatic N) is 2. The lowest BCUT2D eigenvalue weighted by Gasteiger charge is -2.32. The van der Waals surface area contributed by atoms with Crippen molar-refractivity contribution >= 4 is 29.4 Å². The fourth-order valence-electron chi connectivity index (χ4n) is 3.43. The molecule has 1 aliphatic rings. The van der Waals surface area contributed by atoms with Crippen LogP contribution in [-0.4, -0.2) is 64.0 Å². The second-order valence-electron chi connectivity index (χ2n) is 6.55. The lowest BCUT2D eigenvalue weighted by molar-refractivity contribution is -0.148. The van der Waals surface area contributed by atoms with Crippen molar-refractivity contribution in [2.24, 2.45) is 5.92 Å². The molecular weight excluding hydrogens is 348 g/mol. The summed E-state index contributed by atoms with van der Waals surface area (Å²) in [7, 11) is 3.04. The Morgan fingerprint density at radius 1 is 1.32 bits per heavy atom. The molecule has 0 unspecified atom stereocenters. The number of aliphatic carboxylic acids is 2. The molecule has 1 aromatic rings. The van der Waals surface area contributed by atoms with E-state index >= 15 is 0 Å². The molecule has 1 aliphatic heterocycles. The van der Waals surface area contributed by atoms with Gasteiger partial charge in [0.1, 0.15) is 12.1 Å². The van der Waals surface area contributed by atoms with Gasteiger partial charge in [-0.1, -0.05) is 29.8 Å². The minimum atomic E-state index is -1.26. The van der Waals surface area contributed by atoms with E-state index in [2.05, 4.69) is 0 Å². The van der Waals surface area contributed by atoms with Crippen LogP contribution in [0.4, 0.5) is 0 Å². The Hall–Kier alpha value is -2.12. The summed E-state index contributed by atoms with van der Waals surface area (Å²) in [6, 6.07) is 6.41. The molecule has 25 heavy (non-hydrogen) atoms. The maximum absolute atomic E-state index is 12.8. The van der Waals surface area contributed by atoms with Gasteiger partial charge in [0, 0.05) is 18.1 Å². The van der Waals surface area contributed by atoms with E-state index in [9.17, 15) is 19.5 Å². The van der Waals surface area contributed by atoms with Crippen LogP contribution in [0.5, 0.6) is 0 Å². The molecule has 2 N–H and O–H groups in total. The molecule has 1 amide bonds. The van der Waals surface area contributed by atoms with Crippen LogP contribution in [0.2, 0.25) is 5.02 Å². The van der Waals surface area contributed by atoms with Gasteiger partial charge in [0.05, 0.1) is 5.92 Å². The van der Waals surface area contributed by atoms with Crippen molar-refractivity contribution in [1.29, 1.82) is 0 Å². The van der Waals surface area contributed by atoms with Gasteiger partial charge in [-0.25, -0.2) is 0 Å². The summed E-state index contributed by atoms with van der Waals surface area (Å²) < 4.78 is 0. The topological polar surface area (TPSA) is 98.2 Å². The number of carbonyl (C=O) groups is 3. The number of likely N-dealkylation sites (N-methyl/N-ethyl adjacent to an activating group) is 2. The summed E-state index contributed by atoms with van der Waals surface area (Å²) in [5, 5.41) is 19.0. The first kappa shape index (κ1) is 19.2. The van der Waals surface area contributed by atoms with Gasteiger partial charge < -0.3 is 15.1 Å². The molecule has 7 nitrogen and oxygen atoms in total. The molecule has 0 aromatic heterocycles. The van der Waals surface area contributed by atoms with Gasteiger partial charge in [-0.2, -0.15) is 0 Å². The minimum Gasteiger partial charge on any atom is -0.480 e. The third-order valence-corrected chi connectivity index (χ3v) is 5.29. The Morgan fingerprint density at radius 3 is 2.44 bits per heavy atom. The summed E-state index contributed by atoms with van der Waals surface area (Å²) in [6.45, 7) is 1.11. The standard InChI is InChI=1S/C17H21ClN2O5/c1-17(16(24)25)8-11(15(23)19(2)9-13(21)22)14(20(17)3)10-6-4-5-7-12(10)18/h4-7,11,14H,8-9H2,1-3H3,(H,21,22)(H,24,25)/t11-,14-,17-/m0/s1. The molecule has 0 bridgehead atoms. The van der Waals surface area contributed by atoms with Gasteiger partial charge in [0.25, 0.3) is 0 Å². The monoisotopic (exact) mass is 368 g/mol. The number of hydrogen-bond acceptors (Lipinski definition) is 4. The summed E-state index contributed by atoms with van der Waals surface area (Å²) in [4.78, 5) is 38.3. The SMILES string of the molecule is CN(CC(=O)O)C(=O)[C@H]1C[C@@](C)(C(=O)O)N(C)[C@H]1c1ccccc1Cl. The number of hydrogen-bond donors (Lipinski definition) is 2. The van der Waals surface area contributed by atoms with Crippen LogP contribution in [0.25, 0.3) is 0 Å². The number of halogens is 1. The first-order valence-electron chi connectivity index (χ1n) is 7.77. The molecule has 0 saturated carbocycles. The third-order valence-electron chi connectivity index (χ3n) is 4.94. The molecule has 0 aliphatic carbocycles. The molecule has 0 radical (unpaired) electrons. The molecule has 1 fully saturated rings. The fourth-order valence-corrected chi connectivity index (χ4v) is 3.67. The van der Waals surface area contributed by atoms with Crippen LogP contribution in [0.15, 0.2) is 24.3 Å². The molecule has 136 valence electrons. The predicted molar refractivity (Wildman–Crippen MR) is 91.4 cm³/mol. The second-order valence-corrected chi connectivity index (χ2v) is 6.96. The van der Waals surface area contributed by atoms with Crippen molar-refractivity contribution in [3.05, 3.63) is 34.9 Å². The van der Waals surface area contributed by atoms with Crippen molar-refractivity contribution in [2.45, 2.75) is 24.9 Å². The van der Waals surface area contributed by atoms with Gasteiger partial charge in [-0.15, -0.1) is 0 Å². The Morgan fingerprint density at radius 2 is 1.92 bits per heavy atom. The summed E-state index contributed by atoms with van der Waals surface area (Å²) in [5.74, 6) is -3.29. The van der Waals surface area contributed by atoms with Crippen LogP contribution in [0.3, 0.4) is 0 Å². The first-order chi connectivity index (χ1) is 11.6. The largest absolute Gasteiger partial charge is 0.480 e. The number of carboxylic acid groups (broad SMARTS) is 2. The van der Waals surface area contributed by atoms with Crippen LogP contribution in [-0.2, 0) is 14.4 Å². The Labute approximate surface area is 150 Å². The maximum Gasteiger partial charge on any atom is 0.323 e. The Balaban J connectivity index is 2.47.